The molecule has 0 saturated heterocycles. The van der Waals surface area contributed by atoms with Crippen molar-refractivity contribution in [2.45, 2.75) is 56.4 Å². The van der Waals surface area contributed by atoms with Crippen LogP contribution in [0.4, 0.5) is 14.6 Å². The van der Waals surface area contributed by atoms with Crippen LogP contribution in [0.2, 0.25) is 5.02 Å². The number of nitrogens with zero attached hydrogens (tertiary/aromatic N) is 6. The first-order valence-electron chi connectivity index (χ1n) is 17.0. The first kappa shape index (κ1) is 38.5. The van der Waals surface area contributed by atoms with E-state index in [2.05, 4.69) is 34.1 Å². The molecule has 1 fully saturated rings. The summed E-state index contributed by atoms with van der Waals surface area (Å²) in [4.78, 5) is 29.6. The lowest BCUT2D eigenvalue weighted by molar-refractivity contribution is -0.108. The molecule has 10 nitrogen and oxygen atoms in total. The third kappa shape index (κ3) is 8.15. The minimum atomic E-state index is -0.671. The summed E-state index contributed by atoms with van der Waals surface area (Å²) in [5.74, 6) is 0.303. The number of benzene rings is 3. The summed E-state index contributed by atoms with van der Waals surface area (Å²) in [6, 6.07) is 14.0. The molecule has 7 rings (SSSR count). The average Bonchev–Trinajstić information content (AvgIpc) is 3.78. The van der Waals surface area contributed by atoms with Gasteiger partial charge in [-0.15, -0.1) is 0 Å². The number of aldehydes is 1. The number of carbonyl (C=O) groups is 1. The van der Waals surface area contributed by atoms with Crippen LogP contribution in [-0.4, -0.2) is 55.0 Å². The molecule has 6 aromatic rings. The van der Waals surface area contributed by atoms with Gasteiger partial charge >= 0.3 is 0 Å². The highest BCUT2D eigenvalue weighted by Gasteiger charge is 2.27. The van der Waals surface area contributed by atoms with Crippen molar-refractivity contribution < 1.29 is 13.6 Å². The van der Waals surface area contributed by atoms with Crippen molar-refractivity contribution in [1.82, 2.24) is 34.4 Å². The predicted molar refractivity (Wildman–Crippen MR) is 212 cm³/mol. The number of carbonyl (C=O) groups excluding carboxylic acids is 1. The van der Waals surface area contributed by atoms with E-state index in [9.17, 15) is 18.4 Å². The summed E-state index contributed by atoms with van der Waals surface area (Å²) in [6.45, 7) is 4.61. The van der Waals surface area contributed by atoms with Crippen LogP contribution in [0.5, 0.6) is 0 Å². The molecule has 15 heteroatoms. The van der Waals surface area contributed by atoms with Crippen LogP contribution in [0.3, 0.4) is 0 Å². The van der Waals surface area contributed by atoms with E-state index >= 15 is 0 Å². The molecule has 1 unspecified atom stereocenters. The Hall–Kier alpha value is -4.24. The van der Waals surface area contributed by atoms with E-state index in [1.807, 2.05) is 43.0 Å². The van der Waals surface area contributed by atoms with Gasteiger partial charge in [0, 0.05) is 36.2 Å². The van der Waals surface area contributed by atoms with Crippen LogP contribution < -0.4 is 15.6 Å². The predicted octanol–water partition coefficient (Wildman–Crippen LogP) is 7.95. The van der Waals surface area contributed by atoms with Gasteiger partial charge in [-0.25, -0.2) is 13.8 Å². The Morgan fingerprint density at radius 2 is 1.79 bits per heavy atom. The Morgan fingerprint density at radius 1 is 1.06 bits per heavy atom. The van der Waals surface area contributed by atoms with Gasteiger partial charge in [0.25, 0.3) is 5.56 Å². The summed E-state index contributed by atoms with van der Waals surface area (Å²) in [5.41, 5.74) is 4.03. The van der Waals surface area contributed by atoms with E-state index < -0.39 is 17.7 Å². The normalized spacial score (nSPS) is 13.6. The standard InChI is InChI=1S/C30H31ClF2N6OS2.C8H10N2O/c1-30(2,41-5)17-7-8-20-22(14-17)35-28(23(34-3)13-16-11-18(32)15-19(33)12-16)39(29(20)40)24-10-9-21(31)25-26(24)38(4)36-27(25)37-42-6;11-6-5-10-4-3-8(9-10)7-1-2-7/h7-12,14-15,23,34H,13H2,1-6H3,(H,36,37);3-4,6-7H,1-2,5H2. The zero-order valence-electron chi connectivity index (χ0n) is 30.3. The molecule has 0 spiro atoms. The lowest BCUT2D eigenvalue weighted by Crippen LogP contribution is -2.31. The minimum absolute atomic E-state index is 0.181. The van der Waals surface area contributed by atoms with Crippen LogP contribution in [0, 0.1) is 11.6 Å². The van der Waals surface area contributed by atoms with Crippen LogP contribution in [0.15, 0.2) is 65.6 Å². The first-order valence-corrected chi connectivity index (χ1v) is 19.9. The largest absolute Gasteiger partial charge is 0.313 e. The van der Waals surface area contributed by atoms with E-state index in [1.165, 1.54) is 36.9 Å². The highest BCUT2D eigenvalue weighted by Crippen LogP contribution is 2.39. The van der Waals surface area contributed by atoms with Crippen molar-refractivity contribution in [1.29, 1.82) is 0 Å². The van der Waals surface area contributed by atoms with Crippen molar-refractivity contribution in [3.63, 3.8) is 0 Å². The molecule has 2 N–H and O–H groups in total. The first-order chi connectivity index (χ1) is 25.4. The Morgan fingerprint density at radius 3 is 2.43 bits per heavy atom. The van der Waals surface area contributed by atoms with E-state index in [4.69, 9.17) is 16.6 Å². The number of hydrogen-bond donors (Lipinski definition) is 2. The topological polar surface area (TPSA) is 112 Å². The Balaban J connectivity index is 0.000000370. The van der Waals surface area contributed by atoms with Crippen molar-refractivity contribution >= 4 is 69.2 Å². The Bertz CT molecular complexity index is 2330. The van der Waals surface area contributed by atoms with Crippen molar-refractivity contribution in [2.24, 2.45) is 7.05 Å². The zero-order chi connectivity index (χ0) is 38.0. The molecule has 3 heterocycles. The number of anilines is 1. The van der Waals surface area contributed by atoms with Gasteiger partial charge in [-0.1, -0.05) is 29.6 Å². The maximum Gasteiger partial charge on any atom is 0.266 e. The van der Waals surface area contributed by atoms with Gasteiger partial charge < -0.3 is 14.8 Å². The number of aryl methyl sites for hydroxylation is 1. The lowest BCUT2D eigenvalue weighted by Gasteiger charge is -2.24. The van der Waals surface area contributed by atoms with E-state index in [0.717, 1.165) is 23.6 Å². The number of nitrogens with one attached hydrogen (secondary N) is 2. The number of thioether (sulfide) groups is 1. The molecule has 53 heavy (non-hydrogen) atoms. The van der Waals surface area contributed by atoms with Crippen LogP contribution in [0.25, 0.3) is 27.5 Å². The third-order valence-corrected chi connectivity index (χ3v) is 11.4. The summed E-state index contributed by atoms with van der Waals surface area (Å²) in [5, 5.41) is 13.7. The van der Waals surface area contributed by atoms with E-state index in [-0.39, 0.29) is 16.7 Å². The SMILES string of the molecule is CNC(Cc1cc(F)cc(F)c1)c1nc2cc(C(C)(C)SC)ccc2c(=O)n1-c1ccc(Cl)c2c(NSC)nn(C)c12.O=CCn1ccc(C2CC2)n1. The molecule has 3 aromatic heterocycles. The highest BCUT2D eigenvalue weighted by molar-refractivity contribution is 8.00. The highest BCUT2D eigenvalue weighted by atomic mass is 35.5. The Labute approximate surface area is 319 Å². The van der Waals surface area contributed by atoms with Crippen LogP contribution in [-0.2, 0) is 29.6 Å². The van der Waals surface area contributed by atoms with E-state index in [1.54, 1.807) is 51.9 Å². The van der Waals surface area contributed by atoms with Crippen molar-refractivity contribution in [3.8, 4) is 5.69 Å². The quantitative estimate of drug-likeness (QED) is 0.0945. The lowest BCUT2D eigenvalue weighted by atomic mass is 10.00. The molecule has 1 aliphatic carbocycles. The number of rotatable bonds is 12. The second-order valence-corrected chi connectivity index (χ2v) is 15.8. The number of halogens is 3. The fourth-order valence-corrected chi connectivity index (χ4v) is 7.25. The fourth-order valence-electron chi connectivity index (χ4n) is 6.31. The second kappa shape index (κ2) is 16.0. The zero-order valence-corrected chi connectivity index (χ0v) is 32.7. The van der Waals surface area contributed by atoms with Gasteiger partial charge in [-0.05, 0) is 100 Å². The molecule has 0 bridgehead atoms. The van der Waals surface area contributed by atoms with Crippen molar-refractivity contribution in [2.75, 3.05) is 24.3 Å². The molecule has 0 radical (unpaired) electrons. The van der Waals surface area contributed by atoms with Gasteiger partial charge in [0.2, 0.25) is 0 Å². The molecular formula is C38H41ClF2N8O2S2. The average molecular weight is 779 g/mol. The molecule has 0 amide bonds. The maximum absolute atomic E-state index is 14.4. The fraction of sp³-hybridized carbons (Fsp3) is 0.342. The summed E-state index contributed by atoms with van der Waals surface area (Å²) in [7, 11) is 3.52. The Kier molecular flexibility index (Phi) is 11.6. The molecule has 1 atom stereocenters. The number of fused-ring (bicyclic) bond motifs is 2. The number of hydrogen-bond acceptors (Lipinski definition) is 9. The van der Waals surface area contributed by atoms with Crippen LogP contribution >= 0.6 is 35.3 Å². The number of aromatic nitrogens is 6. The van der Waals surface area contributed by atoms with Gasteiger partial charge in [0.1, 0.15) is 23.7 Å². The van der Waals surface area contributed by atoms with Gasteiger partial charge in [-0.3, -0.25) is 18.7 Å². The maximum atomic E-state index is 14.4. The van der Waals surface area contributed by atoms with Crippen molar-refractivity contribution in [3.05, 3.63) is 110 Å². The van der Waals surface area contributed by atoms with Crippen LogP contribution in [0.1, 0.15) is 61.3 Å². The monoisotopic (exact) mass is 778 g/mol. The van der Waals surface area contributed by atoms with E-state index in [0.29, 0.717) is 62.2 Å². The molecule has 278 valence electrons. The summed E-state index contributed by atoms with van der Waals surface area (Å²) in [6.07, 6.45) is 9.35. The summed E-state index contributed by atoms with van der Waals surface area (Å²) < 4.78 is 36.2. The minimum Gasteiger partial charge on any atom is -0.313 e. The molecule has 0 aliphatic heterocycles. The van der Waals surface area contributed by atoms with Gasteiger partial charge in [0.05, 0.1) is 50.8 Å². The smallest absolute Gasteiger partial charge is 0.266 e. The second-order valence-electron chi connectivity index (χ2n) is 13.4. The molecule has 1 aliphatic rings. The molecular weight excluding hydrogens is 738 g/mol. The third-order valence-electron chi connectivity index (χ3n) is 9.40. The molecule has 3 aromatic carbocycles. The molecule has 1 saturated carbocycles. The summed E-state index contributed by atoms with van der Waals surface area (Å²) >= 11 is 9.73. The van der Waals surface area contributed by atoms with Gasteiger partial charge in [0.15, 0.2) is 5.82 Å². The number of likely N-dealkylation sites (N-methyl/N-ethyl adjacent to an activating group) is 1. The van der Waals surface area contributed by atoms with Gasteiger partial charge in [-0.2, -0.15) is 22.0 Å².